The van der Waals surface area contributed by atoms with Crippen molar-refractivity contribution < 1.29 is 18.3 Å². The molecule has 10 heteroatoms. The molecule has 0 spiro atoms. The van der Waals surface area contributed by atoms with Crippen LogP contribution < -0.4 is 14.4 Å². The molecule has 0 saturated carbocycles. The summed E-state index contributed by atoms with van der Waals surface area (Å²) in [5, 5.41) is 10.2. The van der Waals surface area contributed by atoms with E-state index in [-0.39, 0.29) is 12.6 Å². The van der Waals surface area contributed by atoms with E-state index in [2.05, 4.69) is 9.62 Å². The number of halogens is 1. The lowest BCUT2D eigenvalue weighted by molar-refractivity contribution is 0.281. The number of aliphatic hydroxyl groups excluding tert-OH is 1. The molecule has 0 amide bonds. The monoisotopic (exact) mass is 450 g/mol. The van der Waals surface area contributed by atoms with Gasteiger partial charge in [-0.2, -0.15) is 0 Å². The van der Waals surface area contributed by atoms with Crippen molar-refractivity contribution in [1.82, 2.24) is 14.1 Å². The number of imidazole rings is 1. The average Bonchev–Trinajstić information content (AvgIpc) is 3.32. The quantitative estimate of drug-likeness (QED) is 0.598. The van der Waals surface area contributed by atoms with Crippen molar-refractivity contribution in [3.05, 3.63) is 47.2 Å². The van der Waals surface area contributed by atoms with Gasteiger partial charge in [-0.15, -0.1) is 0 Å². The average molecular weight is 451 g/mol. The van der Waals surface area contributed by atoms with E-state index >= 15 is 0 Å². The number of hydrogen-bond acceptors (Lipinski definition) is 6. The summed E-state index contributed by atoms with van der Waals surface area (Å²) < 4.78 is 32.8. The molecule has 1 fully saturated rings. The van der Waals surface area contributed by atoms with Gasteiger partial charge in [0, 0.05) is 48.8 Å². The Labute approximate surface area is 180 Å². The SMILES string of the molecule is COc1cc(CO)c(-c2cn3ccc(N4CCC(NS(C)(=O)=O)C4)cc3n2)cc1Cl. The van der Waals surface area contributed by atoms with Gasteiger partial charge in [0.25, 0.3) is 0 Å². The van der Waals surface area contributed by atoms with E-state index in [4.69, 9.17) is 21.3 Å². The Morgan fingerprint density at radius 2 is 2.17 bits per heavy atom. The normalized spacial score (nSPS) is 17.1. The highest BCUT2D eigenvalue weighted by atomic mass is 35.5. The molecule has 0 bridgehead atoms. The molecule has 2 N–H and O–H groups in total. The van der Waals surface area contributed by atoms with Crippen molar-refractivity contribution in [1.29, 1.82) is 0 Å². The molecule has 3 aromatic rings. The molecule has 1 aliphatic heterocycles. The van der Waals surface area contributed by atoms with Crippen molar-refractivity contribution in [2.45, 2.75) is 19.1 Å². The number of ether oxygens (including phenoxy) is 1. The summed E-state index contributed by atoms with van der Waals surface area (Å²) in [4.78, 5) is 6.85. The van der Waals surface area contributed by atoms with Gasteiger partial charge in [0.05, 0.1) is 30.7 Å². The number of fused-ring (bicyclic) bond motifs is 1. The summed E-state index contributed by atoms with van der Waals surface area (Å²) in [5.74, 6) is 0.502. The van der Waals surface area contributed by atoms with Crippen LogP contribution in [0.25, 0.3) is 16.9 Å². The smallest absolute Gasteiger partial charge is 0.209 e. The molecule has 160 valence electrons. The lowest BCUT2D eigenvalue weighted by Crippen LogP contribution is -2.36. The van der Waals surface area contributed by atoms with E-state index < -0.39 is 10.0 Å². The minimum Gasteiger partial charge on any atom is -0.495 e. The lowest BCUT2D eigenvalue weighted by Gasteiger charge is -2.18. The summed E-state index contributed by atoms with van der Waals surface area (Å²) in [6, 6.07) is 7.31. The minimum atomic E-state index is -3.22. The zero-order chi connectivity index (χ0) is 21.5. The van der Waals surface area contributed by atoms with E-state index in [1.165, 1.54) is 13.4 Å². The maximum absolute atomic E-state index is 11.5. The number of benzene rings is 1. The fraction of sp³-hybridized carbons (Fsp3) is 0.350. The van der Waals surface area contributed by atoms with E-state index in [1.807, 2.05) is 28.9 Å². The molecule has 1 atom stereocenters. The van der Waals surface area contributed by atoms with E-state index in [0.717, 1.165) is 29.9 Å². The number of anilines is 1. The van der Waals surface area contributed by atoms with Gasteiger partial charge in [0.2, 0.25) is 10.0 Å². The van der Waals surface area contributed by atoms with Gasteiger partial charge in [-0.1, -0.05) is 11.6 Å². The number of aliphatic hydroxyl groups is 1. The molecule has 0 aliphatic carbocycles. The number of pyridine rings is 1. The number of hydrogen-bond donors (Lipinski definition) is 2. The maximum atomic E-state index is 11.5. The Morgan fingerprint density at radius 1 is 1.37 bits per heavy atom. The number of aromatic nitrogens is 2. The number of methoxy groups -OCH3 is 1. The number of sulfonamides is 1. The van der Waals surface area contributed by atoms with Crippen molar-refractivity contribution in [3.63, 3.8) is 0 Å². The van der Waals surface area contributed by atoms with Crippen LogP contribution >= 0.6 is 11.6 Å². The van der Waals surface area contributed by atoms with Crippen LogP contribution in [0, 0.1) is 0 Å². The van der Waals surface area contributed by atoms with Crippen LogP contribution in [0.4, 0.5) is 5.69 Å². The third kappa shape index (κ3) is 4.24. The van der Waals surface area contributed by atoms with E-state index in [1.54, 1.807) is 12.1 Å². The van der Waals surface area contributed by atoms with Crippen molar-refractivity contribution >= 4 is 33.0 Å². The molecular formula is C20H23ClN4O4S. The van der Waals surface area contributed by atoms with Gasteiger partial charge < -0.3 is 19.1 Å². The summed E-state index contributed by atoms with van der Waals surface area (Å²) in [6.45, 7) is 1.21. The molecule has 3 heterocycles. The Morgan fingerprint density at radius 3 is 2.87 bits per heavy atom. The number of nitrogens with one attached hydrogen (secondary N) is 1. The number of nitrogens with zero attached hydrogens (tertiary/aromatic N) is 3. The Kier molecular flexibility index (Phi) is 5.63. The lowest BCUT2D eigenvalue weighted by atomic mass is 10.1. The molecule has 1 saturated heterocycles. The zero-order valence-electron chi connectivity index (χ0n) is 16.7. The standard InChI is InChI=1S/C20H23ClN4O4S/c1-29-19-7-13(12-26)16(9-17(19)21)18-11-25-6-4-15(8-20(25)22-18)24-5-3-14(10-24)23-30(2,27)28/h4,6-9,11,14,23,26H,3,5,10,12H2,1-2H3. The molecule has 1 aromatic carbocycles. The van der Waals surface area contributed by atoms with E-state index in [9.17, 15) is 13.5 Å². The highest BCUT2D eigenvalue weighted by Crippen LogP contribution is 2.34. The second-order valence-electron chi connectivity index (χ2n) is 7.40. The number of rotatable bonds is 6. The molecule has 0 radical (unpaired) electrons. The van der Waals surface area contributed by atoms with E-state index in [0.29, 0.717) is 28.6 Å². The van der Waals surface area contributed by atoms with Crippen LogP contribution in [-0.2, 0) is 16.6 Å². The molecule has 1 aliphatic rings. The summed E-state index contributed by atoms with van der Waals surface area (Å²) in [6.07, 6.45) is 5.73. The Balaban J connectivity index is 1.63. The van der Waals surface area contributed by atoms with Crippen LogP contribution in [0.3, 0.4) is 0 Å². The predicted octanol–water partition coefficient (Wildman–Crippen LogP) is 2.28. The minimum absolute atomic E-state index is 0.0971. The third-order valence-corrected chi connectivity index (χ3v) is 6.26. The van der Waals surface area contributed by atoms with Crippen molar-refractivity contribution in [2.24, 2.45) is 0 Å². The van der Waals surface area contributed by atoms with Crippen molar-refractivity contribution in [3.8, 4) is 17.0 Å². The largest absolute Gasteiger partial charge is 0.495 e. The van der Waals surface area contributed by atoms with Crippen LogP contribution in [-0.4, -0.2) is 55.4 Å². The fourth-order valence-electron chi connectivity index (χ4n) is 3.81. The van der Waals surface area contributed by atoms with Crippen LogP contribution in [0.15, 0.2) is 36.7 Å². The topological polar surface area (TPSA) is 96.2 Å². The Hall–Kier alpha value is -2.33. The van der Waals surface area contributed by atoms with Gasteiger partial charge in [-0.25, -0.2) is 18.1 Å². The summed E-state index contributed by atoms with van der Waals surface area (Å²) in [7, 11) is -1.69. The first-order chi connectivity index (χ1) is 14.3. The molecular weight excluding hydrogens is 428 g/mol. The molecule has 1 unspecified atom stereocenters. The van der Waals surface area contributed by atoms with Gasteiger partial charge in [0.15, 0.2) is 0 Å². The zero-order valence-corrected chi connectivity index (χ0v) is 18.2. The second kappa shape index (κ2) is 8.07. The maximum Gasteiger partial charge on any atom is 0.209 e. The first-order valence-corrected chi connectivity index (χ1v) is 11.7. The van der Waals surface area contributed by atoms with Gasteiger partial charge in [-0.3, -0.25) is 0 Å². The Bertz CT molecular complexity index is 1190. The molecule has 8 nitrogen and oxygen atoms in total. The third-order valence-electron chi connectivity index (χ3n) is 5.20. The van der Waals surface area contributed by atoms with Gasteiger partial charge >= 0.3 is 0 Å². The molecule has 2 aromatic heterocycles. The van der Waals surface area contributed by atoms with Gasteiger partial charge in [0.1, 0.15) is 11.4 Å². The highest BCUT2D eigenvalue weighted by Gasteiger charge is 2.25. The predicted molar refractivity (Wildman–Crippen MR) is 117 cm³/mol. The van der Waals surface area contributed by atoms with Crippen LogP contribution in [0.1, 0.15) is 12.0 Å². The fourth-order valence-corrected chi connectivity index (χ4v) is 4.85. The first-order valence-electron chi connectivity index (χ1n) is 9.46. The van der Waals surface area contributed by atoms with Gasteiger partial charge in [-0.05, 0) is 30.2 Å². The summed E-state index contributed by atoms with van der Waals surface area (Å²) >= 11 is 6.28. The second-order valence-corrected chi connectivity index (χ2v) is 9.59. The highest BCUT2D eigenvalue weighted by molar-refractivity contribution is 7.88. The van der Waals surface area contributed by atoms with Crippen molar-refractivity contribution in [2.75, 3.05) is 31.4 Å². The van der Waals surface area contributed by atoms with Crippen LogP contribution in [0.2, 0.25) is 5.02 Å². The molecule has 4 rings (SSSR count). The van der Waals surface area contributed by atoms with Crippen LogP contribution in [0.5, 0.6) is 5.75 Å². The molecule has 30 heavy (non-hydrogen) atoms. The first kappa shape index (κ1) is 20.9. The summed E-state index contributed by atoms with van der Waals surface area (Å²) in [5.41, 5.74) is 3.84.